The molecule has 1 aromatic rings. The van der Waals surface area contributed by atoms with Gasteiger partial charge in [0.05, 0.1) is 0 Å². The van der Waals surface area contributed by atoms with E-state index in [1.807, 2.05) is 12.1 Å². The van der Waals surface area contributed by atoms with Crippen LogP contribution in [-0.4, -0.2) is 41.9 Å². The summed E-state index contributed by atoms with van der Waals surface area (Å²) in [5, 5.41) is 8.68. The first-order chi connectivity index (χ1) is 8.50. The van der Waals surface area contributed by atoms with E-state index in [0.29, 0.717) is 19.0 Å². The van der Waals surface area contributed by atoms with Gasteiger partial charge in [-0.25, -0.2) is 0 Å². The third kappa shape index (κ3) is 2.92. The van der Waals surface area contributed by atoms with E-state index in [-0.39, 0.29) is 5.95 Å². The Bertz CT molecular complexity index is 387. The number of nitrogens with zero attached hydrogens (tertiary/aromatic N) is 3. The van der Waals surface area contributed by atoms with Crippen molar-refractivity contribution in [3.63, 3.8) is 0 Å². The maximum Gasteiger partial charge on any atom is 0.451 e. The highest BCUT2D eigenvalue weighted by molar-refractivity contribution is 5.29. The lowest BCUT2D eigenvalue weighted by atomic mass is 9.98. The van der Waals surface area contributed by atoms with Gasteiger partial charge in [-0.05, 0) is 32.4 Å². The number of anilines is 1. The highest BCUT2D eigenvalue weighted by Crippen LogP contribution is 2.28. The van der Waals surface area contributed by atoms with E-state index < -0.39 is 12.0 Å². The topological polar surface area (TPSA) is 56.8 Å². The van der Waals surface area contributed by atoms with Crippen molar-refractivity contribution in [2.24, 2.45) is 5.92 Å². The van der Waals surface area contributed by atoms with Crippen LogP contribution >= 0.6 is 0 Å². The fourth-order valence-corrected chi connectivity index (χ4v) is 2.22. The summed E-state index contributed by atoms with van der Waals surface area (Å²) in [6.45, 7) is 2.25. The van der Waals surface area contributed by atoms with Gasteiger partial charge in [0.15, 0.2) is 0 Å². The van der Waals surface area contributed by atoms with Crippen LogP contribution in [-0.2, 0) is 6.18 Å². The second kappa shape index (κ2) is 5.13. The molecule has 0 aromatic carbocycles. The van der Waals surface area contributed by atoms with E-state index in [1.54, 1.807) is 4.90 Å². The van der Waals surface area contributed by atoms with Gasteiger partial charge >= 0.3 is 6.18 Å². The Morgan fingerprint density at radius 1 is 1.50 bits per heavy atom. The van der Waals surface area contributed by atoms with Crippen LogP contribution in [0.25, 0.3) is 0 Å². The molecule has 0 amide bonds. The summed E-state index contributed by atoms with van der Waals surface area (Å²) < 4.78 is 37.2. The Labute approximate surface area is 103 Å². The number of piperidine rings is 1. The second-order valence-corrected chi connectivity index (χ2v) is 4.49. The van der Waals surface area contributed by atoms with Crippen LogP contribution in [0.4, 0.5) is 19.1 Å². The Kier molecular flexibility index (Phi) is 3.74. The summed E-state index contributed by atoms with van der Waals surface area (Å²) >= 11 is 0. The molecule has 0 aliphatic carbocycles. The molecule has 1 unspecified atom stereocenters. The molecule has 2 rings (SSSR count). The number of aromatic amines is 1. The highest BCUT2D eigenvalue weighted by atomic mass is 19.4. The van der Waals surface area contributed by atoms with E-state index in [1.165, 1.54) is 0 Å². The number of halogens is 3. The average Bonchev–Trinajstić information content (AvgIpc) is 2.78. The first-order valence-electron chi connectivity index (χ1n) is 5.90. The Morgan fingerprint density at radius 2 is 2.28 bits per heavy atom. The van der Waals surface area contributed by atoms with Gasteiger partial charge in [-0.3, -0.25) is 5.10 Å². The van der Waals surface area contributed by atoms with Gasteiger partial charge in [-0.2, -0.15) is 18.2 Å². The molecule has 1 atom stereocenters. The molecule has 1 aliphatic rings. The molecule has 2 heterocycles. The zero-order valence-corrected chi connectivity index (χ0v) is 10.1. The van der Waals surface area contributed by atoms with Crippen LogP contribution < -0.4 is 10.2 Å². The minimum absolute atomic E-state index is 0.142. The molecule has 0 spiro atoms. The molecule has 1 saturated heterocycles. The maximum atomic E-state index is 12.4. The van der Waals surface area contributed by atoms with Crippen molar-refractivity contribution < 1.29 is 13.2 Å². The minimum Gasteiger partial charge on any atom is -0.339 e. The average molecular weight is 263 g/mol. The Morgan fingerprint density at radius 3 is 2.89 bits per heavy atom. The zero-order valence-electron chi connectivity index (χ0n) is 10.1. The predicted molar refractivity (Wildman–Crippen MR) is 60.2 cm³/mol. The van der Waals surface area contributed by atoms with E-state index in [2.05, 4.69) is 15.4 Å². The van der Waals surface area contributed by atoms with Gasteiger partial charge in [0.1, 0.15) is 0 Å². The highest BCUT2D eigenvalue weighted by Gasteiger charge is 2.36. The lowest BCUT2D eigenvalue weighted by Gasteiger charge is -2.31. The molecule has 102 valence electrons. The fraction of sp³-hybridized carbons (Fsp3) is 0.800. The van der Waals surface area contributed by atoms with Gasteiger partial charge in [-0.1, -0.05) is 0 Å². The number of aromatic nitrogens is 3. The number of hydrogen-bond donors (Lipinski definition) is 2. The molecule has 2 N–H and O–H groups in total. The number of hydrogen-bond acceptors (Lipinski definition) is 4. The summed E-state index contributed by atoms with van der Waals surface area (Å²) in [4.78, 5) is 5.32. The van der Waals surface area contributed by atoms with Crippen molar-refractivity contribution in [3.05, 3.63) is 5.82 Å². The largest absolute Gasteiger partial charge is 0.451 e. The molecule has 0 radical (unpaired) electrons. The number of rotatable bonds is 3. The molecule has 1 fully saturated rings. The van der Waals surface area contributed by atoms with Crippen LogP contribution in [0.3, 0.4) is 0 Å². The molecule has 18 heavy (non-hydrogen) atoms. The summed E-state index contributed by atoms with van der Waals surface area (Å²) in [6.07, 6.45) is -2.44. The van der Waals surface area contributed by atoms with Gasteiger partial charge in [0.2, 0.25) is 11.8 Å². The van der Waals surface area contributed by atoms with Crippen LogP contribution in [0.2, 0.25) is 0 Å². The maximum absolute atomic E-state index is 12.4. The fourth-order valence-electron chi connectivity index (χ4n) is 2.22. The smallest absolute Gasteiger partial charge is 0.339 e. The SMILES string of the molecule is CNCC1CCCN(c2n[nH]c(C(F)(F)F)n2)C1. The van der Waals surface area contributed by atoms with Crippen LogP contribution in [0.5, 0.6) is 0 Å². The molecule has 5 nitrogen and oxygen atoms in total. The van der Waals surface area contributed by atoms with Gasteiger partial charge < -0.3 is 10.2 Å². The van der Waals surface area contributed by atoms with Crippen molar-refractivity contribution in [1.82, 2.24) is 20.5 Å². The minimum atomic E-state index is -4.47. The molecule has 1 aromatic heterocycles. The quantitative estimate of drug-likeness (QED) is 0.862. The van der Waals surface area contributed by atoms with Gasteiger partial charge in [0.25, 0.3) is 0 Å². The molecule has 8 heteroatoms. The van der Waals surface area contributed by atoms with Crippen molar-refractivity contribution in [2.45, 2.75) is 19.0 Å². The second-order valence-electron chi connectivity index (χ2n) is 4.49. The standard InChI is InChI=1S/C10H16F3N5/c1-14-5-7-3-2-4-18(6-7)9-15-8(16-17-9)10(11,12)13/h7,14H,2-6H2,1H3,(H,15,16,17). The number of nitrogens with one attached hydrogen (secondary N) is 2. The lowest BCUT2D eigenvalue weighted by molar-refractivity contribution is -0.144. The third-order valence-corrected chi connectivity index (χ3v) is 3.04. The van der Waals surface area contributed by atoms with Crippen LogP contribution in [0.15, 0.2) is 0 Å². The first kappa shape index (κ1) is 13.1. The van der Waals surface area contributed by atoms with Crippen molar-refractivity contribution in [1.29, 1.82) is 0 Å². The zero-order chi connectivity index (χ0) is 13.2. The van der Waals surface area contributed by atoms with E-state index in [4.69, 9.17) is 0 Å². The Hall–Kier alpha value is -1.31. The Balaban J connectivity index is 2.05. The first-order valence-corrected chi connectivity index (χ1v) is 5.90. The van der Waals surface area contributed by atoms with E-state index in [0.717, 1.165) is 19.4 Å². The summed E-state index contributed by atoms with van der Waals surface area (Å²) in [5.74, 6) is -0.465. The molecule has 0 saturated carbocycles. The number of alkyl halides is 3. The van der Waals surface area contributed by atoms with Crippen LogP contribution in [0, 0.1) is 5.92 Å². The van der Waals surface area contributed by atoms with Crippen molar-refractivity contribution in [2.75, 3.05) is 31.6 Å². The van der Waals surface area contributed by atoms with Crippen molar-refractivity contribution in [3.8, 4) is 0 Å². The van der Waals surface area contributed by atoms with Crippen molar-refractivity contribution >= 4 is 5.95 Å². The molecule has 1 aliphatic heterocycles. The van der Waals surface area contributed by atoms with E-state index in [9.17, 15) is 13.2 Å². The van der Waals surface area contributed by atoms with Gasteiger partial charge in [-0.15, -0.1) is 5.10 Å². The summed E-state index contributed by atoms with van der Waals surface area (Å²) in [7, 11) is 1.87. The molecular formula is C10H16F3N5. The molecule has 0 bridgehead atoms. The summed E-state index contributed by atoms with van der Waals surface area (Å²) in [5.41, 5.74) is 0. The third-order valence-electron chi connectivity index (χ3n) is 3.04. The van der Waals surface area contributed by atoms with Gasteiger partial charge in [0, 0.05) is 13.1 Å². The monoisotopic (exact) mass is 263 g/mol. The van der Waals surface area contributed by atoms with Crippen LogP contribution in [0.1, 0.15) is 18.7 Å². The number of H-pyrrole nitrogens is 1. The molecular weight excluding hydrogens is 247 g/mol. The normalized spacial score (nSPS) is 21.3. The summed E-state index contributed by atoms with van der Waals surface area (Å²) in [6, 6.07) is 0. The predicted octanol–water partition coefficient (Wildman–Crippen LogP) is 1.26. The lowest BCUT2D eigenvalue weighted by Crippen LogP contribution is -2.39. The van der Waals surface area contributed by atoms with E-state index >= 15 is 0 Å².